The molecular formula is C23H24O7. The van der Waals surface area contributed by atoms with Gasteiger partial charge in [-0.2, -0.15) is 0 Å². The zero-order valence-corrected chi connectivity index (χ0v) is 17.3. The van der Waals surface area contributed by atoms with Crippen molar-refractivity contribution in [3.05, 3.63) is 58.7 Å². The number of methoxy groups -OCH3 is 4. The maximum atomic E-state index is 13.3. The van der Waals surface area contributed by atoms with Crippen molar-refractivity contribution in [3.8, 4) is 23.0 Å². The Morgan fingerprint density at radius 1 is 0.733 bits per heavy atom. The Morgan fingerprint density at radius 3 is 1.47 bits per heavy atom. The van der Waals surface area contributed by atoms with E-state index in [1.54, 1.807) is 12.1 Å². The number of carbonyl (C=O) groups is 1. The van der Waals surface area contributed by atoms with Crippen LogP contribution in [0.15, 0.2) is 47.5 Å². The fourth-order valence-corrected chi connectivity index (χ4v) is 3.62. The lowest BCUT2D eigenvalue weighted by molar-refractivity contribution is -0.111. The molecule has 1 fully saturated rings. The molecule has 7 heteroatoms. The summed E-state index contributed by atoms with van der Waals surface area (Å²) in [5, 5.41) is 19.4. The normalized spacial score (nSPS) is 16.9. The van der Waals surface area contributed by atoms with Crippen LogP contribution in [0.1, 0.15) is 24.0 Å². The molecule has 0 heterocycles. The standard InChI is InChI=1S/C23H24O7/c1-27-19-11-13(24)5-7-15(19)22(29-3)17-9-10-18(21(17)26)23(30-4)16-8-6-14(25)12-20(16)28-2/h5-8,11-12,24-25H,9-10H2,1-4H3. The van der Waals surface area contributed by atoms with Crippen molar-refractivity contribution in [2.75, 3.05) is 28.4 Å². The van der Waals surface area contributed by atoms with Gasteiger partial charge in [0, 0.05) is 23.3 Å². The van der Waals surface area contributed by atoms with E-state index in [-0.39, 0.29) is 17.3 Å². The fourth-order valence-electron chi connectivity index (χ4n) is 3.62. The van der Waals surface area contributed by atoms with E-state index < -0.39 is 0 Å². The number of aromatic hydroxyl groups is 2. The van der Waals surface area contributed by atoms with E-state index in [1.165, 1.54) is 52.7 Å². The SMILES string of the molecule is COC(=C1CCC(=C(OC)c2ccc(O)cc2OC)C1=O)c1ccc(O)cc1OC. The minimum atomic E-state index is -0.200. The van der Waals surface area contributed by atoms with Gasteiger partial charge in [-0.25, -0.2) is 0 Å². The number of carbonyl (C=O) groups excluding carboxylic acids is 1. The minimum absolute atomic E-state index is 0.0514. The number of ketones is 1. The summed E-state index contributed by atoms with van der Waals surface area (Å²) in [5.74, 6) is 1.48. The number of ether oxygens (including phenoxy) is 4. The first-order valence-corrected chi connectivity index (χ1v) is 9.28. The topological polar surface area (TPSA) is 94.5 Å². The molecule has 7 nitrogen and oxygen atoms in total. The number of phenols is 2. The molecule has 0 atom stereocenters. The van der Waals surface area contributed by atoms with Crippen LogP contribution in [0.5, 0.6) is 23.0 Å². The first kappa shape index (κ1) is 21.1. The monoisotopic (exact) mass is 412 g/mol. The summed E-state index contributed by atoms with van der Waals surface area (Å²) in [6.45, 7) is 0. The van der Waals surface area contributed by atoms with E-state index in [4.69, 9.17) is 18.9 Å². The summed E-state index contributed by atoms with van der Waals surface area (Å²) < 4.78 is 21.8. The highest BCUT2D eigenvalue weighted by Crippen LogP contribution is 2.41. The number of allylic oxidation sites excluding steroid dienone is 2. The van der Waals surface area contributed by atoms with E-state index in [0.29, 0.717) is 58.1 Å². The summed E-state index contributed by atoms with van der Waals surface area (Å²) in [6.07, 6.45) is 0.906. The number of phenolic OH excluding ortho intramolecular Hbond substituents is 2. The van der Waals surface area contributed by atoms with E-state index in [9.17, 15) is 15.0 Å². The maximum Gasteiger partial charge on any atom is 0.192 e. The van der Waals surface area contributed by atoms with Crippen LogP contribution < -0.4 is 9.47 Å². The quantitative estimate of drug-likeness (QED) is 0.549. The van der Waals surface area contributed by atoms with Gasteiger partial charge in [0.1, 0.15) is 34.5 Å². The Hall–Kier alpha value is -3.61. The molecule has 0 aromatic heterocycles. The van der Waals surface area contributed by atoms with Crippen molar-refractivity contribution < 1.29 is 34.0 Å². The average Bonchev–Trinajstić information content (AvgIpc) is 3.12. The van der Waals surface area contributed by atoms with Gasteiger partial charge in [0.05, 0.1) is 39.6 Å². The molecule has 1 saturated carbocycles. The van der Waals surface area contributed by atoms with Crippen molar-refractivity contribution in [1.29, 1.82) is 0 Å². The highest BCUT2D eigenvalue weighted by Gasteiger charge is 2.33. The van der Waals surface area contributed by atoms with Gasteiger partial charge in [-0.3, -0.25) is 4.79 Å². The van der Waals surface area contributed by atoms with Crippen molar-refractivity contribution in [2.45, 2.75) is 12.8 Å². The second kappa shape index (κ2) is 8.82. The van der Waals surface area contributed by atoms with Crippen molar-refractivity contribution in [3.63, 3.8) is 0 Å². The molecule has 0 unspecified atom stereocenters. The Bertz CT molecular complexity index is 952. The third-order valence-electron chi connectivity index (χ3n) is 4.99. The smallest absolute Gasteiger partial charge is 0.192 e. The predicted molar refractivity (Wildman–Crippen MR) is 111 cm³/mol. The van der Waals surface area contributed by atoms with Crippen LogP contribution in [0.4, 0.5) is 0 Å². The van der Waals surface area contributed by atoms with Crippen LogP contribution in [0.2, 0.25) is 0 Å². The number of benzene rings is 2. The van der Waals surface area contributed by atoms with Crippen molar-refractivity contribution in [2.24, 2.45) is 0 Å². The molecule has 1 aliphatic rings. The largest absolute Gasteiger partial charge is 0.508 e. The number of Topliss-reactive ketones (excluding diaryl/α,β-unsaturated/α-hetero) is 1. The summed E-state index contributed by atoms with van der Waals surface area (Å²) >= 11 is 0. The Labute approximate surface area is 174 Å². The molecule has 0 bridgehead atoms. The predicted octanol–water partition coefficient (Wildman–Crippen LogP) is 3.89. The molecule has 0 radical (unpaired) electrons. The summed E-state index contributed by atoms with van der Waals surface area (Å²) in [4.78, 5) is 13.3. The van der Waals surface area contributed by atoms with Gasteiger partial charge in [-0.05, 0) is 37.1 Å². The highest BCUT2D eigenvalue weighted by molar-refractivity contribution is 6.17. The molecule has 3 rings (SSSR count). The lowest BCUT2D eigenvalue weighted by atomic mass is 10.0. The zero-order valence-electron chi connectivity index (χ0n) is 17.3. The zero-order chi connectivity index (χ0) is 21.8. The van der Waals surface area contributed by atoms with Crippen molar-refractivity contribution in [1.82, 2.24) is 0 Å². The average molecular weight is 412 g/mol. The van der Waals surface area contributed by atoms with Gasteiger partial charge in [-0.15, -0.1) is 0 Å². The Kier molecular flexibility index (Phi) is 6.20. The summed E-state index contributed by atoms with van der Waals surface area (Å²) in [5.41, 5.74) is 2.12. The summed E-state index contributed by atoms with van der Waals surface area (Å²) in [7, 11) is 5.95. The molecule has 0 spiro atoms. The molecule has 1 aliphatic carbocycles. The molecule has 2 aromatic rings. The van der Waals surface area contributed by atoms with Crippen LogP contribution in [0.3, 0.4) is 0 Å². The number of hydrogen-bond donors (Lipinski definition) is 2. The lowest BCUT2D eigenvalue weighted by Gasteiger charge is -2.15. The molecule has 30 heavy (non-hydrogen) atoms. The molecule has 2 N–H and O–H groups in total. The molecular weight excluding hydrogens is 388 g/mol. The minimum Gasteiger partial charge on any atom is -0.508 e. The maximum absolute atomic E-state index is 13.3. The molecule has 2 aromatic carbocycles. The van der Waals surface area contributed by atoms with E-state index in [2.05, 4.69) is 0 Å². The number of rotatable bonds is 6. The third kappa shape index (κ3) is 3.78. The molecule has 0 amide bonds. The summed E-state index contributed by atoms with van der Waals surface area (Å²) in [6, 6.07) is 9.25. The van der Waals surface area contributed by atoms with Gasteiger partial charge in [-0.1, -0.05) is 0 Å². The second-order valence-corrected chi connectivity index (χ2v) is 6.62. The fraction of sp³-hybridized carbons (Fsp3) is 0.261. The number of hydrogen-bond acceptors (Lipinski definition) is 7. The van der Waals surface area contributed by atoms with Gasteiger partial charge in [0.15, 0.2) is 5.78 Å². The lowest BCUT2D eigenvalue weighted by Crippen LogP contribution is -2.06. The van der Waals surface area contributed by atoms with Crippen LogP contribution in [0, 0.1) is 0 Å². The first-order chi connectivity index (χ1) is 14.4. The van der Waals surface area contributed by atoms with E-state index in [1.807, 2.05) is 0 Å². The van der Waals surface area contributed by atoms with Gasteiger partial charge < -0.3 is 29.2 Å². The Morgan fingerprint density at radius 2 is 1.13 bits per heavy atom. The van der Waals surface area contributed by atoms with Gasteiger partial charge >= 0.3 is 0 Å². The van der Waals surface area contributed by atoms with Gasteiger partial charge in [0.2, 0.25) is 0 Å². The van der Waals surface area contributed by atoms with Crippen LogP contribution in [-0.2, 0) is 14.3 Å². The second-order valence-electron chi connectivity index (χ2n) is 6.62. The molecule has 0 saturated heterocycles. The van der Waals surface area contributed by atoms with Crippen LogP contribution in [-0.4, -0.2) is 44.4 Å². The van der Waals surface area contributed by atoms with Crippen LogP contribution in [0.25, 0.3) is 11.5 Å². The Balaban J connectivity index is 2.13. The molecule has 0 aliphatic heterocycles. The molecule has 158 valence electrons. The first-order valence-electron chi connectivity index (χ1n) is 9.28. The van der Waals surface area contributed by atoms with E-state index >= 15 is 0 Å². The van der Waals surface area contributed by atoms with Crippen molar-refractivity contribution >= 4 is 17.3 Å². The third-order valence-corrected chi connectivity index (χ3v) is 4.99. The highest BCUT2D eigenvalue weighted by atomic mass is 16.5. The van der Waals surface area contributed by atoms with Crippen LogP contribution >= 0.6 is 0 Å². The van der Waals surface area contributed by atoms with E-state index in [0.717, 1.165) is 0 Å². The van der Waals surface area contributed by atoms with Gasteiger partial charge in [0.25, 0.3) is 0 Å².